The lowest BCUT2D eigenvalue weighted by Crippen LogP contribution is -2.13. The zero-order chi connectivity index (χ0) is 11.6. The minimum absolute atomic E-state index is 0.450. The first kappa shape index (κ1) is 11.7. The van der Waals surface area contributed by atoms with Crippen molar-refractivity contribution in [2.75, 3.05) is 6.54 Å². The van der Waals surface area contributed by atoms with E-state index in [1.165, 1.54) is 30.4 Å². The monoisotopic (exact) mass is 217 g/mol. The molecular formula is C15H23N. The van der Waals surface area contributed by atoms with Gasteiger partial charge in [0, 0.05) is 0 Å². The highest BCUT2D eigenvalue weighted by molar-refractivity contribution is 5.33. The average Bonchev–Trinajstić information content (AvgIpc) is 2.99. The third-order valence-electron chi connectivity index (χ3n) is 3.69. The Morgan fingerprint density at radius 2 is 1.81 bits per heavy atom. The van der Waals surface area contributed by atoms with Crippen LogP contribution in [0.1, 0.15) is 44.2 Å². The Balaban J connectivity index is 2.07. The molecule has 0 amide bonds. The van der Waals surface area contributed by atoms with E-state index in [0.29, 0.717) is 5.41 Å². The molecule has 1 aromatic carbocycles. The molecular weight excluding hydrogens is 194 g/mol. The summed E-state index contributed by atoms with van der Waals surface area (Å²) in [5.74, 6) is 0.741. The Bertz CT molecular complexity index is 333. The number of nitrogens with two attached hydrogens (primary N) is 1. The summed E-state index contributed by atoms with van der Waals surface area (Å²) >= 11 is 0. The maximum absolute atomic E-state index is 5.69. The van der Waals surface area contributed by atoms with Crippen molar-refractivity contribution in [3.8, 4) is 0 Å². The molecule has 1 aliphatic rings. The van der Waals surface area contributed by atoms with Crippen LogP contribution in [0.2, 0.25) is 0 Å². The van der Waals surface area contributed by atoms with Crippen molar-refractivity contribution in [2.24, 2.45) is 11.7 Å². The summed E-state index contributed by atoms with van der Waals surface area (Å²) in [5.41, 5.74) is 9.10. The van der Waals surface area contributed by atoms with E-state index in [1.807, 2.05) is 0 Å². The quantitative estimate of drug-likeness (QED) is 0.805. The van der Waals surface area contributed by atoms with Crippen LogP contribution in [-0.4, -0.2) is 6.54 Å². The largest absolute Gasteiger partial charge is 0.330 e. The van der Waals surface area contributed by atoms with Crippen LogP contribution in [0.5, 0.6) is 0 Å². The molecule has 1 fully saturated rings. The molecule has 1 nitrogen and oxygen atoms in total. The smallest absolute Gasteiger partial charge is 0.00344 e. The van der Waals surface area contributed by atoms with E-state index >= 15 is 0 Å². The Kier molecular flexibility index (Phi) is 3.34. The van der Waals surface area contributed by atoms with Gasteiger partial charge in [0.2, 0.25) is 0 Å². The summed E-state index contributed by atoms with van der Waals surface area (Å²) in [7, 11) is 0. The van der Waals surface area contributed by atoms with Crippen LogP contribution in [0.25, 0.3) is 0 Å². The van der Waals surface area contributed by atoms with Crippen molar-refractivity contribution in [1.29, 1.82) is 0 Å². The van der Waals surface area contributed by atoms with Crippen molar-refractivity contribution < 1.29 is 0 Å². The zero-order valence-corrected chi connectivity index (χ0v) is 10.5. The van der Waals surface area contributed by atoms with Gasteiger partial charge in [0.15, 0.2) is 0 Å². The van der Waals surface area contributed by atoms with E-state index in [4.69, 9.17) is 5.73 Å². The highest BCUT2D eigenvalue weighted by atomic mass is 14.6. The van der Waals surface area contributed by atoms with E-state index in [0.717, 1.165) is 18.9 Å². The van der Waals surface area contributed by atoms with E-state index < -0.39 is 0 Å². The van der Waals surface area contributed by atoms with Crippen LogP contribution in [-0.2, 0) is 11.8 Å². The van der Waals surface area contributed by atoms with Gasteiger partial charge in [0.1, 0.15) is 0 Å². The second-order valence-corrected chi connectivity index (χ2v) is 5.61. The number of hydrogen-bond acceptors (Lipinski definition) is 1. The average molecular weight is 217 g/mol. The van der Waals surface area contributed by atoms with Gasteiger partial charge in [-0.2, -0.15) is 0 Å². The highest BCUT2D eigenvalue weighted by Crippen LogP contribution is 2.50. The van der Waals surface area contributed by atoms with Gasteiger partial charge in [0.05, 0.1) is 0 Å². The molecule has 0 spiro atoms. The zero-order valence-electron chi connectivity index (χ0n) is 10.5. The Labute approximate surface area is 99.0 Å². The fraction of sp³-hybridized carbons (Fsp3) is 0.600. The van der Waals surface area contributed by atoms with Crippen molar-refractivity contribution in [2.45, 2.75) is 44.9 Å². The third kappa shape index (κ3) is 2.46. The molecule has 0 radical (unpaired) electrons. The highest BCUT2D eigenvalue weighted by Gasteiger charge is 2.42. The van der Waals surface area contributed by atoms with Gasteiger partial charge >= 0.3 is 0 Å². The van der Waals surface area contributed by atoms with Crippen molar-refractivity contribution in [3.63, 3.8) is 0 Å². The topological polar surface area (TPSA) is 26.0 Å². The van der Waals surface area contributed by atoms with E-state index in [9.17, 15) is 0 Å². The van der Waals surface area contributed by atoms with Crippen LogP contribution in [0, 0.1) is 5.92 Å². The summed E-state index contributed by atoms with van der Waals surface area (Å²) in [6.07, 6.45) is 4.99. The lowest BCUT2D eigenvalue weighted by molar-refractivity contribution is 0.625. The SMILES string of the molecule is CC(C)Cc1ccc(C2(CCN)CC2)cc1. The van der Waals surface area contributed by atoms with E-state index in [2.05, 4.69) is 38.1 Å². The number of hydrogen-bond donors (Lipinski definition) is 1. The third-order valence-corrected chi connectivity index (χ3v) is 3.69. The van der Waals surface area contributed by atoms with Gasteiger partial charge in [-0.15, -0.1) is 0 Å². The first-order valence-electron chi connectivity index (χ1n) is 6.46. The molecule has 1 saturated carbocycles. The minimum atomic E-state index is 0.450. The maximum atomic E-state index is 5.69. The molecule has 0 saturated heterocycles. The Hall–Kier alpha value is -0.820. The fourth-order valence-corrected chi connectivity index (χ4v) is 2.58. The Morgan fingerprint density at radius 3 is 2.25 bits per heavy atom. The predicted octanol–water partition coefficient (Wildman–Crippen LogP) is 3.27. The summed E-state index contributed by atoms with van der Waals surface area (Å²) in [6.45, 7) is 5.35. The first-order valence-corrected chi connectivity index (χ1v) is 6.46. The molecule has 1 heteroatoms. The summed E-state index contributed by atoms with van der Waals surface area (Å²) in [4.78, 5) is 0. The molecule has 2 rings (SSSR count). The van der Waals surface area contributed by atoms with Crippen molar-refractivity contribution >= 4 is 0 Å². The molecule has 2 N–H and O–H groups in total. The molecule has 0 heterocycles. The summed E-state index contributed by atoms with van der Waals surface area (Å²) in [6, 6.07) is 9.23. The molecule has 16 heavy (non-hydrogen) atoms. The molecule has 1 aromatic rings. The lowest BCUT2D eigenvalue weighted by atomic mass is 9.91. The van der Waals surface area contributed by atoms with Crippen molar-refractivity contribution in [3.05, 3.63) is 35.4 Å². The molecule has 0 atom stereocenters. The van der Waals surface area contributed by atoms with Crippen LogP contribution in [0.4, 0.5) is 0 Å². The molecule has 1 aliphatic carbocycles. The maximum Gasteiger partial charge on any atom is -0.00344 e. The van der Waals surface area contributed by atoms with Crippen LogP contribution in [0.3, 0.4) is 0 Å². The van der Waals surface area contributed by atoms with Crippen LogP contribution in [0.15, 0.2) is 24.3 Å². The Morgan fingerprint density at radius 1 is 1.19 bits per heavy atom. The standard InChI is InChI=1S/C15H23N/c1-12(2)11-13-3-5-14(6-4-13)15(7-8-15)9-10-16/h3-6,12H,7-11,16H2,1-2H3. The van der Waals surface area contributed by atoms with Gasteiger partial charge in [0.25, 0.3) is 0 Å². The lowest BCUT2D eigenvalue weighted by Gasteiger charge is -2.15. The summed E-state index contributed by atoms with van der Waals surface area (Å²) in [5, 5.41) is 0. The van der Waals surface area contributed by atoms with Gasteiger partial charge in [-0.1, -0.05) is 38.1 Å². The first-order chi connectivity index (χ1) is 7.66. The summed E-state index contributed by atoms with van der Waals surface area (Å²) < 4.78 is 0. The van der Waals surface area contributed by atoms with Crippen molar-refractivity contribution in [1.82, 2.24) is 0 Å². The predicted molar refractivity (Wildman–Crippen MR) is 69.6 cm³/mol. The van der Waals surface area contributed by atoms with Gasteiger partial charge < -0.3 is 5.73 Å². The van der Waals surface area contributed by atoms with E-state index in [-0.39, 0.29) is 0 Å². The molecule has 88 valence electrons. The molecule has 0 aliphatic heterocycles. The number of rotatable bonds is 5. The molecule has 0 unspecified atom stereocenters. The number of benzene rings is 1. The minimum Gasteiger partial charge on any atom is -0.330 e. The fourth-order valence-electron chi connectivity index (χ4n) is 2.58. The van der Waals surface area contributed by atoms with E-state index in [1.54, 1.807) is 0 Å². The van der Waals surface area contributed by atoms with Crippen LogP contribution >= 0.6 is 0 Å². The molecule has 0 bridgehead atoms. The second-order valence-electron chi connectivity index (χ2n) is 5.61. The second kappa shape index (κ2) is 4.58. The molecule has 0 aromatic heterocycles. The van der Waals surface area contributed by atoms with Gasteiger partial charge in [-0.3, -0.25) is 0 Å². The van der Waals surface area contributed by atoms with Gasteiger partial charge in [-0.05, 0) is 54.7 Å². The van der Waals surface area contributed by atoms with Gasteiger partial charge in [-0.25, -0.2) is 0 Å². The normalized spacial score (nSPS) is 17.8. The van der Waals surface area contributed by atoms with Crippen LogP contribution < -0.4 is 5.73 Å².